The SMILES string of the molecule is CCC(C)c1ccc(OC(C)OC(C)C2CCCCC2)cc1. The van der Waals surface area contributed by atoms with Gasteiger partial charge in [0.2, 0.25) is 0 Å². The van der Waals surface area contributed by atoms with Gasteiger partial charge in [-0.25, -0.2) is 0 Å². The lowest BCUT2D eigenvalue weighted by Gasteiger charge is -2.29. The molecule has 1 fully saturated rings. The highest BCUT2D eigenvalue weighted by Gasteiger charge is 2.22. The van der Waals surface area contributed by atoms with Crippen molar-refractivity contribution >= 4 is 0 Å². The van der Waals surface area contributed by atoms with Gasteiger partial charge in [-0.2, -0.15) is 0 Å². The van der Waals surface area contributed by atoms with Gasteiger partial charge in [-0.1, -0.05) is 45.2 Å². The molecule has 0 radical (unpaired) electrons. The predicted molar refractivity (Wildman–Crippen MR) is 92.4 cm³/mol. The molecule has 0 aliphatic heterocycles. The zero-order chi connectivity index (χ0) is 15.9. The smallest absolute Gasteiger partial charge is 0.197 e. The zero-order valence-electron chi connectivity index (χ0n) is 14.7. The van der Waals surface area contributed by atoms with Crippen LogP contribution in [0.25, 0.3) is 0 Å². The van der Waals surface area contributed by atoms with E-state index in [1.165, 1.54) is 44.1 Å². The topological polar surface area (TPSA) is 18.5 Å². The van der Waals surface area contributed by atoms with Crippen LogP contribution in [0.4, 0.5) is 0 Å². The Morgan fingerprint density at radius 2 is 1.64 bits per heavy atom. The van der Waals surface area contributed by atoms with Crippen molar-refractivity contribution in [2.45, 2.75) is 84.5 Å². The summed E-state index contributed by atoms with van der Waals surface area (Å²) in [7, 11) is 0. The molecule has 124 valence electrons. The minimum atomic E-state index is -0.189. The van der Waals surface area contributed by atoms with Gasteiger partial charge in [0.05, 0.1) is 6.10 Å². The average Bonchev–Trinajstić information content (AvgIpc) is 2.55. The predicted octanol–water partition coefficient (Wildman–Crippen LogP) is 5.91. The second kappa shape index (κ2) is 8.57. The average molecular weight is 304 g/mol. The Kier molecular flexibility index (Phi) is 6.75. The third-order valence-corrected chi connectivity index (χ3v) is 5.08. The lowest BCUT2D eigenvalue weighted by Crippen LogP contribution is -2.29. The maximum atomic E-state index is 6.07. The summed E-state index contributed by atoms with van der Waals surface area (Å²) in [5.41, 5.74) is 1.37. The first-order valence-corrected chi connectivity index (χ1v) is 9.02. The molecule has 2 heteroatoms. The maximum absolute atomic E-state index is 6.07. The van der Waals surface area contributed by atoms with Crippen molar-refractivity contribution in [3.8, 4) is 5.75 Å². The van der Waals surface area contributed by atoms with Gasteiger partial charge < -0.3 is 9.47 Å². The van der Waals surface area contributed by atoms with Crippen LogP contribution in [-0.4, -0.2) is 12.4 Å². The van der Waals surface area contributed by atoms with Crippen LogP contribution < -0.4 is 4.74 Å². The summed E-state index contributed by atoms with van der Waals surface area (Å²) < 4.78 is 12.0. The second-order valence-corrected chi connectivity index (χ2v) is 6.80. The summed E-state index contributed by atoms with van der Waals surface area (Å²) in [6, 6.07) is 8.46. The van der Waals surface area contributed by atoms with E-state index in [1.807, 2.05) is 6.92 Å². The molecule has 0 bridgehead atoms. The molecule has 0 saturated heterocycles. The lowest BCUT2D eigenvalue weighted by molar-refractivity contribution is -0.122. The van der Waals surface area contributed by atoms with Gasteiger partial charge >= 0.3 is 0 Å². The van der Waals surface area contributed by atoms with Gasteiger partial charge in [0.15, 0.2) is 6.29 Å². The quantitative estimate of drug-likeness (QED) is 0.583. The molecule has 0 aromatic heterocycles. The van der Waals surface area contributed by atoms with Crippen LogP contribution >= 0.6 is 0 Å². The summed E-state index contributed by atoms with van der Waals surface area (Å²) in [4.78, 5) is 0. The number of hydrogen-bond acceptors (Lipinski definition) is 2. The van der Waals surface area contributed by atoms with Crippen LogP contribution in [0.2, 0.25) is 0 Å². The Morgan fingerprint density at radius 1 is 1.00 bits per heavy atom. The molecular formula is C20H32O2. The Labute approximate surface area is 136 Å². The van der Waals surface area contributed by atoms with E-state index in [0.717, 1.165) is 5.75 Å². The van der Waals surface area contributed by atoms with E-state index in [4.69, 9.17) is 9.47 Å². The Morgan fingerprint density at radius 3 is 2.23 bits per heavy atom. The third kappa shape index (κ3) is 5.01. The fourth-order valence-electron chi connectivity index (χ4n) is 3.35. The Bertz CT molecular complexity index is 420. The lowest BCUT2D eigenvalue weighted by atomic mass is 9.86. The molecule has 0 amide bonds. The van der Waals surface area contributed by atoms with Crippen LogP contribution in [0.15, 0.2) is 24.3 Å². The second-order valence-electron chi connectivity index (χ2n) is 6.80. The molecular weight excluding hydrogens is 272 g/mol. The molecule has 0 heterocycles. The molecule has 1 aromatic carbocycles. The van der Waals surface area contributed by atoms with Crippen molar-refractivity contribution in [1.29, 1.82) is 0 Å². The van der Waals surface area contributed by atoms with E-state index in [0.29, 0.717) is 11.8 Å². The van der Waals surface area contributed by atoms with Crippen LogP contribution in [0.1, 0.15) is 77.7 Å². The van der Waals surface area contributed by atoms with Crippen LogP contribution in [0.5, 0.6) is 5.75 Å². The number of hydrogen-bond donors (Lipinski definition) is 0. The van der Waals surface area contributed by atoms with E-state index >= 15 is 0 Å². The monoisotopic (exact) mass is 304 g/mol. The molecule has 0 spiro atoms. The first-order valence-electron chi connectivity index (χ1n) is 9.02. The molecule has 3 atom stereocenters. The largest absolute Gasteiger partial charge is 0.465 e. The minimum Gasteiger partial charge on any atom is -0.465 e. The van der Waals surface area contributed by atoms with Crippen molar-refractivity contribution in [2.24, 2.45) is 5.92 Å². The van der Waals surface area contributed by atoms with Crippen molar-refractivity contribution in [3.05, 3.63) is 29.8 Å². The van der Waals surface area contributed by atoms with Crippen molar-refractivity contribution < 1.29 is 9.47 Å². The fraction of sp³-hybridized carbons (Fsp3) is 0.700. The Balaban J connectivity index is 1.82. The summed E-state index contributed by atoms with van der Waals surface area (Å²) in [6.07, 6.45) is 7.96. The molecule has 1 aliphatic carbocycles. The van der Waals surface area contributed by atoms with Gasteiger partial charge in [-0.15, -0.1) is 0 Å². The highest BCUT2D eigenvalue weighted by atomic mass is 16.7. The highest BCUT2D eigenvalue weighted by Crippen LogP contribution is 2.29. The van der Waals surface area contributed by atoms with Gasteiger partial charge in [-0.3, -0.25) is 0 Å². The molecule has 1 aliphatic rings. The van der Waals surface area contributed by atoms with Gasteiger partial charge in [-0.05, 0) is 62.6 Å². The van der Waals surface area contributed by atoms with Crippen molar-refractivity contribution in [3.63, 3.8) is 0 Å². The molecule has 1 aromatic rings. The summed E-state index contributed by atoms with van der Waals surface area (Å²) >= 11 is 0. The summed E-state index contributed by atoms with van der Waals surface area (Å²) in [6.45, 7) is 8.68. The Hall–Kier alpha value is -1.02. The summed E-state index contributed by atoms with van der Waals surface area (Å²) in [5.74, 6) is 2.21. The molecule has 22 heavy (non-hydrogen) atoms. The number of rotatable bonds is 7. The minimum absolute atomic E-state index is 0.189. The van der Waals surface area contributed by atoms with Gasteiger partial charge in [0.25, 0.3) is 0 Å². The maximum Gasteiger partial charge on any atom is 0.197 e. The van der Waals surface area contributed by atoms with Crippen molar-refractivity contribution in [2.75, 3.05) is 0 Å². The van der Waals surface area contributed by atoms with E-state index in [-0.39, 0.29) is 12.4 Å². The van der Waals surface area contributed by atoms with E-state index in [1.54, 1.807) is 0 Å². The van der Waals surface area contributed by atoms with E-state index in [2.05, 4.69) is 45.0 Å². The van der Waals surface area contributed by atoms with Crippen molar-refractivity contribution in [1.82, 2.24) is 0 Å². The zero-order valence-corrected chi connectivity index (χ0v) is 14.7. The first kappa shape index (κ1) is 17.3. The molecule has 2 nitrogen and oxygen atoms in total. The number of benzene rings is 1. The first-order chi connectivity index (χ1) is 10.6. The summed E-state index contributed by atoms with van der Waals surface area (Å²) in [5, 5.41) is 0. The normalized spacial score (nSPS) is 20.4. The highest BCUT2D eigenvalue weighted by molar-refractivity contribution is 5.29. The molecule has 1 saturated carbocycles. The molecule has 3 unspecified atom stereocenters. The molecule has 2 rings (SSSR count). The van der Waals surface area contributed by atoms with Gasteiger partial charge in [0, 0.05) is 0 Å². The van der Waals surface area contributed by atoms with E-state index in [9.17, 15) is 0 Å². The standard InChI is InChI=1S/C20H32O2/c1-5-15(2)18-11-13-20(14-12-18)22-17(4)21-16(3)19-9-7-6-8-10-19/h11-17,19H,5-10H2,1-4H3. The number of ether oxygens (including phenoxy) is 2. The third-order valence-electron chi connectivity index (χ3n) is 5.08. The van der Waals surface area contributed by atoms with E-state index < -0.39 is 0 Å². The van der Waals surface area contributed by atoms with Crippen LogP contribution in [0.3, 0.4) is 0 Å². The fourth-order valence-corrected chi connectivity index (χ4v) is 3.35. The molecule has 0 N–H and O–H groups in total. The van der Waals surface area contributed by atoms with Gasteiger partial charge in [0.1, 0.15) is 5.75 Å². The van der Waals surface area contributed by atoms with Crippen LogP contribution in [0, 0.1) is 5.92 Å². The van der Waals surface area contributed by atoms with Crippen LogP contribution in [-0.2, 0) is 4.74 Å².